The first kappa shape index (κ1) is 15.6. The zero-order valence-corrected chi connectivity index (χ0v) is 13.2. The minimum atomic E-state index is -0.431. The third-order valence-electron chi connectivity index (χ3n) is 5.99. The number of aliphatic hydroxyl groups is 1. The Morgan fingerprint density at radius 1 is 1.35 bits per heavy atom. The molecule has 0 aromatic rings. The maximum atomic E-state index is 11.2. The van der Waals surface area contributed by atoms with Gasteiger partial charge in [0, 0.05) is 6.92 Å². The summed E-state index contributed by atoms with van der Waals surface area (Å²) in [5, 5.41) is 10.1. The van der Waals surface area contributed by atoms with Gasteiger partial charge in [0.1, 0.15) is 6.61 Å². The summed E-state index contributed by atoms with van der Waals surface area (Å²) in [5.74, 6) is 0.253. The van der Waals surface area contributed by atoms with Crippen molar-refractivity contribution in [3.8, 4) is 0 Å². The van der Waals surface area contributed by atoms with Crippen molar-refractivity contribution >= 4 is 5.97 Å². The molecule has 0 radical (unpaired) electrons. The minimum absolute atomic E-state index is 0.00625. The van der Waals surface area contributed by atoms with E-state index in [1.54, 1.807) is 0 Å². The van der Waals surface area contributed by atoms with E-state index in [1.807, 2.05) is 0 Å². The highest BCUT2D eigenvalue weighted by molar-refractivity contribution is 5.66. The quantitative estimate of drug-likeness (QED) is 0.637. The summed E-state index contributed by atoms with van der Waals surface area (Å²) < 4.78 is 5.31. The third-order valence-corrected chi connectivity index (χ3v) is 5.99. The van der Waals surface area contributed by atoms with Gasteiger partial charge in [-0.1, -0.05) is 39.3 Å². The second-order valence-corrected chi connectivity index (χ2v) is 7.54. The number of rotatable bonds is 3. The standard InChI is InChI=1S/C17H28O3/c1-13(19)20-12-17(11-18)10-5-7-14-15(2,3)8-6-9-16(14,17)4/h5,10,14,18H,6-9,11-12H2,1-4H3. The highest BCUT2D eigenvalue weighted by atomic mass is 16.5. The number of carbonyl (C=O) groups is 1. The van der Waals surface area contributed by atoms with E-state index in [0.29, 0.717) is 12.5 Å². The van der Waals surface area contributed by atoms with Crippen LogP contribution in [0.25, 0.3) is 0 Å². The van der Waals surface area contributed by atoms with Crippen molar-refractivity contribution in [3.63, 3.8) is 0 Å². The fourth-order valence-corrected chi connectivity index (χ4v) is 4.64. The van der Waals surface area contributed by atoms with Gasteiger partial charge < -0.3 is 9.84 Å². The number of esters is 1. The van der Waals surface area contributed by atoms with Gasteiger partial charge in [-0.3, -0.25) is 4.79 Å². The summed E-state index contributed by atoms with van der Waals surface area (Å²) in [6.07, 6.45) is 8.84. The zero-order valence-electron chi connectivity index (χ0n) is 13.2. The molecule has 0 bridgehead atoms. The lowest BCUT2D eigenvalue weighted by molar-refractivity contribution is -0.158. The van der Waals surface area contributed by atoms with E-state index in [-0.39, 0.29) is 23.4 Å². The lowest BCUT2D eigenvalue weighted by Crippen LogP contribution is -2.56. The van der Waals surface area contributed by atoms with Crippen molar-refractivity contribution in [1.82, 2.24) is 0 Å². The molecule has 3 unspecified atom stereocenters. The van der Waals surface area contributed by atoms with Crippen LogP contribution < -0.4 is 0 Å². The van der Waals surface area contributed by atoms with Crippen LogP contribution in [0.1, 0.15) is 53.4 Å². The molecule has 1 fully saturated rings. The van der Waals surface area contributed by atoms with E-state index in [4.69, 9.17) is 4.74 Å². The summed E-state index contributed by atoms with van der Waals surface area (Å²) >= 11 is 0. The van der Waals surface area contributed by atoms with Gasteiger partial charge in [0.05, 0.1) is 12.0 Å². The molecule has 0 amide bonds. The first-order valence-electron chi connectivity index (χ1n) is 7.69. The van der Waals surface area contributed by atoms with Crippen LogP contribution in [-0.2, 0) is 9.53 Å². The van der Waals surface area contributed by atoms with Gasteiger partial charge in [-0.15, -0.1) is 0 Å². The first-order valence-corrected chi connectivity index (χ1v) is 7.69. The third kappa shape index (κ3) is 2.30. The van der Waals surface area contributed by atoms with E-state index in [2.05, 4.69) is 32.9 Å². The van der Waals surface area contributed by atoms with Crippen LogP contribution in [0.4, 0.5) is 0 Å². The predicted molar refractivity (Wildman–Crippen MR) is 79.1 cm³/mol. The van der Waals surface area contributed by atoms with Crippen LogP contribution in [-0.4, -0.2) is 24.3 Å². The average molecular weight is 280 g/mol. The topological polar surface area (TPSA) is 46.5 Å². The molecule has 2 rings (SSSR count). The number of allylic oxidation sites excluding steroid dienone is 1. The highest BCUT2D eigenvalue weighted by Gasteiger charge is 2.58. The summed E-state index contributed by atoms with van der Waals surface area (Å²) in [7, 11) is 0. The summed E-state index contributed by atoms with van der Waals surface area (Å²) in [6, 6.07) is 0. The Morgan fingerprint density at radius 3 is 2.65 bits per heavy atom. The Morgan fingerprint density at radius 2 is 2.05 bits per heavy atom. The van der Waals surface area contributed by atoms with Crippen molar-refractivity contribution in [3.05, 3.63) is 12.2 Å². The molecule has 0 aromatic carbocycles. The summed E-state index contributed by atoms with van der Waals surface area (Å²) in [5.41, 5.74) is -0.165. The molecule has 1 N–H and O–H groups in total. The van der Waals surface area contributed by atoms with Crippen LogP contribution in [0.3, 0.4) is 0 Å². The molecule has 1 saturated carbocycles. The maximum Gasteiger partial charge on any atom is 0.302 e. The van der Waals surface area contributed by atoms with Gasteiger partial charge in [0.15, 0.2) is 0 Å². The van der Waals surface area contributed by atoms with Gasteiger partial charge in [0.2, 0.25) is 0 Å². The number of hydrogen-bond donors (Lipinski definition) is 1. The number of carbonyl (C=O) groups excluding carboxylic acids is 1. The predicted octanol–water partition coefficient (Wildman–Crippen LogP) is 3.32. The lowest BCUT2D eigenvalue weighted by atomic mass is 9.45. The van der Waals surface area contributed by atoms with Crippen LogP contribution in [0.15, 0.2) is 12.2 Å². The number of hydrogen-bond acceptors (Lipinski definition) is 3. The molecule has 3 nitrogen and oxygen atoms in total. The lowest BCUT2D eigenvalue weighted by Gasteiger charge is -2.60. The Kier molecular flexibility index (Phi) is 4.03. The summed E-state index contributed by atoms with van der Waals surface area (Å²) in [4.78, 5) is 11.2. The molecule has 0 aromatic heterocycles. The molecule has 3 heteroatoms. The highest BCUT2D eigenvalue weighted by Crippen LogP contribution is 2.62. The second-order valence-electron chi connectivity index (χ2n) is 7.54. The normalized spacial score (nSPS) is 39.1. The Hall–Kier alpha value is -0.830. The first-order chi connectivity index (χ1) is 9.27. The monoisotopic (exact) mass is 280 g/mol. The second kappa shape index (κ2) is 5.18. The van der Waals surface area contributed by atoms with Crippen LogP contribution >= 0.6 is 0 Å². The smallest absolute Gasteiger partial charge is 0.302 e. The molecular weight excluding hydrogens is 252 g/mol. The fraction of sp³-hybridized carbons (Fsp3) is 0.824. The Labute approximate surface area is 122 Å². The van der Waals surface area contributed by atoms with Crippen LogP contribution in [0, 0.1) is 22.2 Å². The van der Waals surface area contributed by atoms with Gasteiger partial charge in [-0.25, -0.2) is 0 Å². The molecule has 0 spiro atoms. The van der Waals surface area contributed by atoms with E-state index in [0.717, 1.165) is 12.8 Å². The van der Waals surface area contributed by atoms with Crippen molar-refractivity contribution in [2.45, 2.75) is 53.4 Å². The van der Waals surface area contributed by atoms with Gasteiger partial charge in [0.25, 0.3) is 0 Å². The van der Waals surface area contributed by atoms with Crippen LogP contribution in [0.2, 0.25) is 0 Å². The fourth-order valence-electron chi connectivity index (χ4n) is 4.64. The molecule has 2 aliphatic carbocycles. The minimum Gasteiger partial charge on any atom is -0.465 e. The average Bonchev–Trinajstić information content (AvgIpc) is 2.36. The van der Waals surface area contributed by atoms with E-state index in [1.165, 1.54) is 19.8 Å². The van der Waals surface area contributed by atoms with Crippen molar-refractivity contribution in [2.24, 2.45) is 22.2 Å². The number of ether oxygens (including phenoxy) is 1. The molecule has 0 aliphatic heterocycles. The number of fused-ring (bicyclic) bond motifs is 1. The number of aliphatic hydroxyl groups excluding tert-OH is 1. The molecule has 3 atom stereocenters. The summed E-state index contributed by atoms with van der Waals surface area (Å²) in [6.45, 7) is 8.71. The van der Waals surface area contributed by atoms with Gasteiger partial charge in [-0.2, -0.15) is 0 Å². The van der Waals surface area contributed by atoms with Crippen molar-refractivity contribution in [1.29, 1.82) is 0 Å². The Balaban J connectivity index is 2.38. The Bertz CT molecular complexity index is 412. The van der Waals surface area contributed by atoms with E-state index < -0.39 is 5.41 Å². The van der Waals surface area contributed by atoms with Crippen molar-refractivity contribution < 1.29 is 14.6 Å². The molecular formula is C17H28O3. The molecule has 0 heterocycles. The molecule has 2 aliphatic rings. The van der Waals surface area contributed by atoms with E-state index >= 15 is 0 Å². The van der Waals surface area contributed by atoms with E-state index in [9.17, 15) is 9.90 Å². The van der Waals surface area contributed by atoms with Gasteiger partial charge >= 0.3 is 5.97 Å². The largest absolute Gasteiger partial charge is 0.465 e. The molecule has 0 saturated heterocycles. The molecule has 114 valence electrons. The van der Waals surface area contributed by atoms with Gasteiger partial charge in [-0.05, 0) is 36.0 Å². The maximum absolute atomic E-state index is 11.2. The van der Waals surface area contributed by atoms with Crippen molar-refractivity contribution in [2.75, 3.05) is 13.2 Å². The molecule has 20 heavy (non-hydrogen) atoms. The van der Waals surface area contributed by atoms with Crippen LogP contribution in [0.5, 0.6) is 0 Å². The zero-order chi connectivity index (χ0) is 15.0. The SMILES string of the molecule is CC(=O)OCC1(CO)C=CCC2C(C)(C)CCCC21C.